The fourth-order valence-corrected chi connectivity index (χ4v) is 3.14. The molecule has 1 aromatic carbocycles. The molecule has 0 amide bonds. The van der Waals surface area contributed by atoms with Gasteiger partial charge in [0.1, 0.15) is 5.82 Å². The van der Waals surface area contributed by atoms with Crippen LogP contribution in [0.15, 0.2) is 30.3 Å². The topological polar surface area (TPSA) is 66.5 Å². The molecular weight excluding hydrogens is 316 g/mol. The summed E-state index contributed by atoms with van der Waals surface area (Å²) in [6.45, 7) is 2.16. The zero-order valence-electron chi connectivity index (χ0n) is 12.9. The van der Waals surface area contributed by atoms with Crippen LogP contribution in [0, 0.1) is 18.6 Å². The second-order valence-electron chi connectivity index (χ2n) is 5.94. The first-order valence-electron chi connectivity index (χ1n) is 7.61. The number of nitrogens with zero attached hydrogens (tertiary/aromatic N) is 5. The van der Waals surface area contributed by atoms with Gasteiger partial charge in [-0.1, -0.05) is 6.07 Å². The van der Waals surface area contributed by atoms with E-state index in [0.29, 0.717) is 35.8 Å². The van der Waals surface area contributed by atoms with Gasteiger partial charge in [0.2, 0.25) is 0 Å². The lowest BCUT2D eigenvalue weighted by Gasteiger charge is -2.25. The molecule has 1 N–H and O–H groups in total. The summed E-state index contributed by atoms with van der Waals surface area (Å²) < 4.78 is 28.4. The van der Waals surface area contributed by atoms with E-state index in [-0.39, 0.29) is 6.04 Å². The molecule has 8 heteroatoms. The molecule has 0 radical (unpaired) electrons. The number of hydrogen-bond acceptors (Lipinski definition) is 5. The van der Waals surface area contributed by atoms with Gasteiger partial charge in [-0.15, -0.1) is 15.3 Å². The zero-order chi connectivity index (χ0) is 16.8. The normalized spacial score (nSPS) is 20.9. The van der Waals surface area contributed by atoms with Crippen LogP contribution in [0.2, 0.25) is 0 Å². The van der Waals surface area contributed by atoms with Gasteiger partial charge in [-0.3, -0.25) is 0 Å². The summed E-state index contributed by atoms with van der Waals surface area (Å²) in [6, 6.07) is 7.11. The van der Waals surface area contributed by atoms with E-state index < -0.39 is 17.7 Å². The standard InChI is InChI=1S/C16H15F2N5O/c1-9-19-20-15-4-5-16(21-23(9)15)22-8-11(24)7-14(22)10-2-3-12(17)13(18)6-10/h2-6,11,14,24H,7-8H2,1H3/t11-,14-/m1/s1. The van der Waals surface area contributed by atoms with Gasteiger partial charge in [0, 0.05) is 6.54 Å². The van der Waals surface area contributed by atoms with Crippen LogP contribution < -0.4 is 4.90 Å². The molecule has 2 aromatic heterocycles. The number of halogens is 2. The maximum absolute atomic E-state index is 13.6. The van der Waals surface area contributed by atoms with Gasteiger partial charge in [-0.05, 0) is 43.2 Å². The van der Waals surface area contributed by atoms with Crippen LogP contribution in [-0.2, 0) is 0 Å². The van der Waals surface area contributed by atoms with E-state index in [1.165, 1.54) is 12.1 Å². The lowest BCUT2D eigenvalue weighted by Crippen LogP contribution is -2.26. The molecule has 1 saturated heterocycles. The second kappa shape index (κ2) is 5.48. The van der Waals surface area contributed by atoms with Gasteiger partial charge in [0.05, 0.1) is 12.1 Å². The fraction of sp³-hybridized carbons (Fsp3) is 0.312. The van der Waals surface area contributed by atoms with Crippen molar-refractivity contribution < 1.29 is 13.9 Å². The molecule has 0 unspecified atom stereocenters. The molecule has 2 atom stereocenters. The number of aliphatic hydroxyl groups is 1. The van der Waals surface area contributed by atoms with Crippen LogP contribution in [0.3, 0.4) is 0 Å². The molecule has 0 aliphatic carbocycles. The first kappa shape index (κ1) is 14.9. The van der Waals surface area contributed by atoms with Crippen LogP contribution in [0.4, 0.5) is 14.6 Å². The van der Waals surface area contributed by atoms with Gasteiger partial charge in [-0.25, -0.2) is 8.78 Å². The molecule has 0 spiro atoms. The highest BCUT2D eigenvalue weighted by atomic mass is 19.2. The predicted molar refractivity (Wildman–Crippen MR) is 82.6 cm³/mol. The molecule has 4 rings (SSSR count). The van der Waals surface area contributed by atoms with Gasteiger partial charge < -0.3 is 10.0 Å². The Morgan fingerprint density at radius 2 is 1.96 bits per heavy atom. The lowest BCUT2D eigenvalue weighted by molar-refractivity contribution is 0.194. The number of β-amino-alcohol motifs (C(OH)–C–C–N with tert-alkyl or cyclic N) is 1. The molecule has 6 nitrogen and oxygen atoms in total. The van der Waals surface area contributed by atoms with Crippen molar-refractivity contribution in [2.45, 2.75) is 25.5 Å². The molecule has 0 saturated carbocycles. The summed E-state index contributed by atoms with van der Waals surface area (Å²) in [6.07, 6.45) is -0.144. The maximum atomic E-state index is 13.6. The number of benzene rings is 1. The minimum atomic E-state index is -0.896. The zero-order valence-corrected chi connectivity index (χ0v) is 12.9. The number of rotatable bonds is 2. The molecule has 3 aromatic rings. The van der Waals surface area contributed by atoms with Crippen molar-refractivity contribution in [1.82, 2.24) is 19.8 Å². The summed E-state index contributed by atoms with van der Waals surface area (Å²) in [5.41, 5.74) is 1.23. The van der Waals surface area contributed by atoms with E-state index in [0.717, 1.165) is 6.07 Å². The molecule has 1 aliphatic rings. The Morgan fingerprint density at radius 1 is 1.12 bits per heavy atom. The SMILES string of the molecule is Cc1nnc2ccc(N3C[C@H](O)C[C@@H]3c3ccc(F)c(F)c3)nn12. The van der Waals surface area contributed by atoms with Crippen molar-refractivity contribution in [3.63, 3.8) is 0 Å². The number of aromatic nitrogens is 4. The highest BCUT2D eigenvalue weighted by Gasteiger charge is 2.33. The number of aliphatic hydroxyl groups excluding tert-OH is 1. The van der Waals surface area contributed by atoms with Crippen molar-refractivity contribution in [2.75, 3.05) is 11.4 Å². The molecule has 0 bridgehead atoms. The van der Waals surface area contributed by atoms with Crippen molar-refractivity contribution in [3.8, 4) is 0 Å². The molecule has 1 aliphatic heterocycles. The Labute approximate surface area is 136 Å². The number of fused-ring (bicyclic) bond motifs is 1. The Bertz CT molecular complexity index is 913. The van der Waals surface area contributed by atoms with Crippen molar-refractivity contribution >= 4 is 11.5 Å². The summed E-state index contributed by atoms with van der Waals surface area (Å²) in [5, 5.41) is 22.5. The van der Waals surface area contributed by atoms with Crippen molar-refractivity contribution in [2.24, 2.45) is 0 Å². The van der Waals surface area contributed by atoms with E-state index in [1.807, 2.05) is 4.90 Å². The third kappa shape index (κ3) is 2.39. The number of aryl methyl sites for hydroxylation is 1. The Balaban J connectivity index is 1.75. The van der Waals surface area contributed by atoms with Crippen LogP contribution >= 0.6 is 0 Å². The second-order valence-corrected chi connectivity index (χ2v) is 5.94. The van der Waals surface area contributed by atoms with Gasteiger partial charge in [-0.2, -0.15) is 4.52 Å². The van der Waals surface area contributed by atoms with E-state index >= 15 is 0 Å². The van der Waals surface area contributed by atoms with Gasteiger partial charge in [0.15, 0.2) is 23.1 Å². The van der Waals surface area contributed by atoms with Crippen LogP contribution in [0.25, 0.3) is 5.65 Å². The number of hydrogen-bond donors (Lipinski definition) is 1. The minimum absolute atomic E-state index is 0.281. The first-order valence-corrected chi connectivity index (χ1v) is 7.61. The summed E-state index contributed by atoms with van der Waals surface area (Å²) in [4.78, 5) is 1.89. The lowest BCUT2D eigenvalue weighted by atomic mass is 10.0. The van der Waals surface area contributed by atoms with Crippen LogP contribution in [-0.4, -0.2) is 37.6 Å². The summed E-state index contributed by atoms with van der Waals surface area (Å²) in [7, 11) is 0. The Kier molecular flexibility index (Phi) is 3.42. The highest BCUT2D eigenvalue weighted by molar-refractivity contribution is 5.49. The smallest absolute Gasteiger partial charge is 0.178 e. The monoisotopic (exact) mass is 331 g/mol. The molecular formula is C16H15F2N5O. The fourth-order valence-electron chi connectivity index (χ4n) is 3.14. The van der Waals surface area contributed by atoms with Gasteiger partial charge in [0.25, 0.3) is 0 Å². The maximum Gasteiger partial charge on any atom is 0.178 e. The van der Waals surface area contributed by atoms with Crippen molar-refractivity contribution in [3.05, 3.63) is 53.4 Å². The van der Waals surface area contributed by atoms with E-state index in [2.05, 4.69) is 15.3 Å². The number of anilines is 1. The minimum Gasteiger partial charge on any atom is -0.391 e. The van der Waals surface area contributed by atoms with Gasteiger partial charge >= 0.3 is 0 Å². The van der Waals surface area contributed by atoms with E-state index in [4.69, 9.17) is 0 Å². The van der Waals surface area contributed by atoms with Crippen LogP contribution in [0.5, 0.6) is 0 Å². The predicted octanol–water partition coefficient (Wildman–Crippen LogP) is 2.02. The Morgan fingerprint density at radius 3 is 2.75 bits per heavy atom. The third-order valence-corrected chi connectivity index (χ3v) is 4.31. The summed E-state index contributed by atoms with van der Waals surface area (Å²) in [5.74, 6) is -0.511. The average molecular weight is 331 g/mol. The van der Waals surface area contributed by atoms with Crippen LogP contribution in [0.1, 0.15) is 23.9 Å². The molecule has 24 heavy (non-hydrogen) atoms. The van der Waals surface area contributed by atoms with Crippen molar-refractivity contribution in [1.29, 1.82) is 0 Å². The largest absolute Gasteiger partial charge is 0.391 e. The summed E-state index contributed by atoms with van der Waals surface area (Å²) >= 11 is 0. The first-order chi connectivity index (χ1) is 11.5. The Hall–Kier alpha value is -2.61. The van der Waals surface area contributed by atoms with E-state index in [1.54, 1.807) is 23.6 Å². The quantitative estimate of drug-likeness (QED) is 0.778. The molecule has 1 fully saturated rings. The highest BCUT2D eigenvalue weighted by Crippen LogP contribution is 2.35. The third-order valence-electron chi connectivity index (χ3n) is 4.31. The van der Waals surface area contributed by atoms with E-state index in [9.17, 15) is 13.9 Å². The molecule has 124 valence electrons. The molecule has 3 heterocycles. The average Bonchev–Trinajstić information content (AvgIpc) is 3.13.